The Labute approximate surface area is 141 Å². The maximum atomic E-state index is 12.7. The third-order valence-electron chi connectivity index (χ3n) is 2.97. The van der Waals surface area contributed by atoms with E-state index in [4.69, 9.17) is 5.11 Å². The molecule has 7 heteroatoms. The van der Waals surface area contributed by atoms with Crippen LogP contribution in [0.1, 0.15) is 20.8 Å². The van der Waals surface area contributed by atoms with Gasteiger partial charge in [-0.1, -0.05) is 30.3 Å². The van der Waals surface area contributed by atoms with Gasteiger partial charge >= 0.3 is 6.16 Å². The predicted molar refractivity (Wildman–Crippen MR) is 90.6 cm³/mol. The topological polar surface area (TPSA) is 92.7 Å². The number of carbonyl (C=O) groups is 1. The highest BCUT2D eigenvalue weighted by Crippen LogP contribution is 2.30. The third kappa shape index (κ3) is 4.56. The zero-order valence-electron chi connectivity index (χ0n) is 13.6. The number of hydrogen-bond acceptors (Lipinski definition) is 4. The first kappa shape index (κ1) is 18.0. The Hall–Kier alpha value is -2.38. The van der Waals surface area contributed by atoms with Gasteiger partial charge in [0, 0.05) is 11.1 Å². The highest BCUT2D eigenvalue weighted by molar-refractivity contribution is 7.89. The van der Waals surface area contributed by atoms with E-state index in [-0.39, 0.29) is 10.6 Å². The summed E-state index contributed by atoms with van der Waals surface area (Å²) in [5, 5.41) is 8.71. The second-order valence-electron chi connectivity index (χ2n) is 6.25. The number of sulfonamides is 1. The molecule has 128 valence electrons. The zero-order chi connectivity index (χ0) is 18.0. The van der Waals surface area contributed by atoms with Crippen molar-refractivity contribution < 1.29 is 23.1 Å². The molecule has 2 N–H and O–H groups in total. The van der Waals surface area contributed by atoms with Gasteiger partial charge in [0.15, 0.2) is 0 Å². The summed E-state index contributed by atoms with van der Waals surface area (Å²) < 4.78 is 32.6. The predicted octanol–water partition coefficient (Wildman–Crippen LogP) is 3.49. The Morgan fingerprint density at radius 2 is 1.75 bits per heavy atom. The van der Waals surface area contributed by atoms with Crippen molar-refractivity contribution in [3.8, 4) is 16.9 Å². The van der Waals surface area contributed by atoms with Crippen molar-refractivity contribution in [1.82, 2.24) is 4.72 Å². The van der Waals surface area contributed by atoms with Crippen molar-refractivity contribution in [3.05, 3.63) is 48.5 Å². The summed E-state index contributed by atoms with van der Waals surface area (Å²) in [6.45, 7) is 5.28. The lowest BCUT2D eigenvalue weighted by molar-refractivity contribution is 0.144. The zero-order valence-corrected chi connectivity index (χ0v) is 14.4. The fourth-order valence-corrected chi connectivity index (χ4v) is 3.87. The number of benzene rings is 2. The average Bonchev–Trinajstić information content (AvgIpc) is 2.44. The number of carboxylic acid groups (broad SMARTS) is 1. The van der Waals surface area contributed by atoms with Gasteiger partial charge in [-0.05, 0) is 44.5 Å². The smallest absolute Gasteiger partial charge is 0.449 e. The summed E-state index contributed by atoms with van der Waals surface area (Å²) in [5.74, 6) is 0.121. The molecule has 0 heterocycles. The van der Waals surface area contributed by atoms with Gasteiger partial charge in [-0.3, -0.25) is 0 Å². The van der Waals surface area contributed by atoms with Crippen LogP contribution in [0.5, 0.6) is 5.75 Å². The van der Waals surface area contributed by atoms with Gasteiger partial charge in [0.05, 0.1) is 4.90 Å². The third-order valence-corrected chi connectivity index (χ3v) is 4.78. The number of hydrogen-bond donors (Lipinski definition) is 2. The van der Waals surface area contributed by atoms with Gasteiger partial charge in [-0.25, -0.2) is 17.9 Å². The van der Waals surface area contributed by atoms with Gasteiger partial charge < -0.3 is 9.84 Å². The van der Waals surface area contributed by atoms with Crippen LogP contribution >= 0.6 is 0 Å². The Kier molecular flexibility index (Phi) is 4.96. The van der Waals surface area contributed by atoms with Crippen molar-refractivity contribution in [3.63, 3.8) is 0 Å². The Balaban J connectivity index is 2.52. The van der Waals surface area contributed by atoms with Crippen LogP contribution in [-0.2, 0) is 10.0 Å². The summed E-state index contributed by atoms with van der Waals surface area (Å²) in [6, 6.07) is 12.8. The summed E-state index contributed by atoms with van der Waals surface area (Å²) >= 11 is 0. The van der Waals surface area contributed by atoms with E-state index in [1.807, 2.05) is 0 Å². The number of ether oxygens (including phenoxy) is 1. The first-order valence-corrected chi connectivity index (χ1v) is 8.71. The quantitative estimate of drug-likeness (QED) is 0.651. The molecule has 0 radical (unpaired) electrons. The molecule has 2 rings (SSSR count). The van der Waals surface area contributed by atoms with Crippen LogP contribution in [-0.4, -0.2) is 25.2 Å². The molecule has 0 aliphatic heterocycles. The van der Waals surface area contributed by atoms with Gasteiger partial charge in [0.1, 0.15) is 5.75 Å². The molecule has 0 spiro atoms. The minimum atomic E-state index is -3.74. The highest BCUT2D eigenvalue weighted by atomic mass is 32.2. The Morgan fingerprint density at radius 1 is 1.08 bits per heavy atom. The van der Waals surface area contributed by atoms with E-state index < -0.39 is 21.7 Å². The van der Waals surface area contributed by atoms with Crippen LogP contribution in [0.2, 0.25) is 0 Å². The van der Waals surface area contributed by atoms with Gasteiger partial charge in [0.2, 0.25) is 10.0 Å². The molecule has 0 aromatic heterocycles. The lowest BCUT2D eigenvalue weighted by atomic mass is 10.1. The molecule has 24 heavy (non-hydrogen) atoms. The highest BCUT2D eigenvalue weighted by Gasteiger charge is 2.24. The minimum Gasteiger partial charge on any atom is -0.449 e. The van der Waals surface area contributed by atoms with Crippen LogP contribution in [0, 0.1) is 0 Å². The van der Waals surface area contributed by atoms with E-state index >= 15 is 0 Å². The molecular formula is C17H19NO5S. The van der Waals surface area contributed by atoms with Crippen molar-refractivity contribution in [1.29, 1.82) is 0 Å². The molecule has 6 nitrogen and oxygen atoms in total. The van der Waals surface area contributed by atoms with E-state index in [0.717, 1.165) is 0 Å². The van der Waals surface area contributed by atoms with E-state index in [1.54, 1.807) is 51.1 Å². The van der Waals surface area contributed by atoms with Crippen molar-refractivity contribution in [2.45, 2.75) is 31.2 Å². The monoisotopic (exact) mass is 349 g/mol. The molecule has 2 aromatic carbocycles. The molecule has 0 aliphatic rings. The fourth-order valence-electron chi connectivity index (χ4n) is 2.23. The number of rotatable bonds is 4. The Bertz CT molecular complexity index is 853. The number of nitrogens with one attached hydrogen (secondary N) is 1. The molecule has 0 saturated carbocycles. The van der Waals surface area contributed by atoms with Crippen LogP contribution in [0.3, 0.4) is 0 Å². The largest absolute Gasteiger partial charge is 0.511 e. The first-order valence-electron chi connectivity index (χ1n) is 7.23. The van der Waals surface area contributed by atoms with Crippen molar-refractivity contribution in [2.75, 3.05) is 0 Å². The van der Waals surface area contributed by atoms with E-state index in [2.05, 4.69) is 9.46 Å². The Morgan fingerprint density at radius 3 is 2.38 bits per heavy atom. The van der Waals surface area contributed by atoms with Crippen molar-refractivity contribution in [2.24, 2.45) is 0 Å². The second-order valence-corrected chi connectivity index (χ2v) is 7.90. The molecule has 0 fully saturated rings. The first-order chi connectivity index (χ1) is 11.1. The second kappa shape index (κ2) is 6.62. The molecular weight excluding hydrogens is 330 g/mol. The minimum absolute atomic E-state index is 0.118. The normalized spacial score (nSPS) is 12.0. The lowest BCUT2D eigenvalue weighted by Crippen LogP contribution is -2.40. The van der Waals surface area contributed by atoms with E-state index in [1.165, 1.54) is 18.2 Å². The summed E-state index contributed by atoms with van der Waals surface area (Å²) in [5.41, 5.74) is 0.383. The van der Waals surface area contributed by atoms with Gasteiger partial charge in [-0.15, -0.1) is 0 Å². The molecule has 0 aliphatic carbocycles. The van der Waals surface area contributed by atoms with Crippen LogP contribution in [0.4, 0.5) is 4.79 Å². The maximum absolute atomic E-state index is 12.7. The van der Waals surface area contributed by atoms with Gasteiger partial charge in [-0.2, -0.15) is 0 Å². The van der Waals surface area contributed by atoms with Crippen LogP contribution in [0.25, 0.3) is 11.1 Å². The average molecular weight is 349 g/mol. The molecule has 0 atom stereocenters. The molecule has 2 aromatic rings. The summed E-state index contributed by atoms with van der Waals surface area (Å²) in [6.07, 6.45) is -1.43. The lowest BCUT2D eigenvalue weighted by Gasteiger charge is -2.21. The molecule has 0 bridgehead atoms. The summed E-state index contributed by atoms with van der Waals surface area (Å²) in [7, 11) is -3.74. The standard InChI is InChI=1S/C17H19NO5S/c1-17(2,3)18-24(21,22)15-10-5-4-9-14(15)12-7-6-8-13(11-12)23-16(19)20/h4-11,18H,1-3H3,(H,19,20). The SMILES string of the molecule is CC(C)(C)NS(=O)(=O)c1ccccc1-c1cccc(OC(=O)O)c1. The molecule has 0 unspecified atom stereocenters. The fraction of sp³-hybridized carbons (Fsp3) is 0.235. The summed E-state index contributed by atoms with van der Waals surface area (Å²) in [4.78, 5) is 10.8. The van der Waals surface area contributed by atoms with Crippen LogP contribution in [0.15, 0.2) is 53.4 Å². The maximum Gasteiger partial charge on any atom is 0.511 e. The van der Waals surface area contributed by atoms with E-state index in [9.17, 15) is 13.2 Å². The van der Waals surface area contributed by atoms with Gasteiger partial charge in [0.25, 0.3) is 0 Å². The molecule has 0 amide bonds. The van der Waals surface area contributed by atoms with Crippen LogP contribution < -0.4 is 9.46 Å². The van der Waals surface area contributed by atoms with E-state index in [0.29, 0.717) is 11.1 Å². The molecule has 0 saturated heterocycles. The van der Waals surface area contributed by atoms with Crippen molar-refractivity contribution >= 4 is 16.2 Å².